The Morgan fingerprint density at radius 2 is 1.76 bits per heavy atom. The zero-order valence-corrected chi connectivity index (χ0v) is 12.8. The van der Waals surface area contributed by atoms with Gasteiger partial charge in [0.05, 0.1) is 17.4 Å². The van der Waals surface area contributed by atoms with Crippen LogP contribution in [-0.4, -0.2) is 16.1 Å². The molecule has 3 nitrogen and oxygen atoms in total. The van der Waals surface area contributed by atoms with Gasteiger partial charge in [0, 0.05) is 18.2 Å². The summed E-state index contributed by atoms with van der Waals surface area (Å²) in [5.74, 6) is 0.475. The van der Waals surface area contributed by atoms with Crippen molar-refractivity contribution in [2.75, 3.05) is 6.54 Å². The first-order valence-corrected chi connectivity index (χ1v) is 6.70. The summed E-state index contributed by atoms with van der Waals surface area (Å²) in [7, 11) is 0. The van der Waals surface area contributed by atoms with Crippen LogP contribution >= 0.6 is 24.8 Å². The summed E-state index contributed by atoms with van der Waals surface area (Å²) >= 11 is 0. The molecule has 0 aliphatic heterocycles. The Kier molecular flexibility index (Phi) is 4.47. The predicted molar refractivity (Wildman–Crippen MR) is 81.9 cm³/mol. The van der Waals surface area contributed by atoms with Gasteiger partial charge in [0.1, 0.15) is 0 Å². The second-order valence-electron chi connectivity index (χ2n) is 5.76. The average molecular weight is 336 g/mol. The van der Waals surface area contributed by atoms with Crippen LogP contribution in [0.2, 0.25) is 0 Å². The summed E-state index contributed by atoms with van der Waals surface area (Å²) < 4.78 is 28.5. The zero-order valence-electron chi connectivity index (χ0n) is 11.2. The highest BCUT2D eigenvalue weighted by atomic mass is 35.5. The molecule has 4 atom stereocenters. The molecule has 1 aromatic heterocycles. The van der Waals surface area contributed by atoms with E-state index in [9.17, 15) is 8.78 Å². The highest BCUT2D eigenvalue weighted by molar-refractivity contribution is 5.85. The van der Waals surface area contributed by atoms with Gasteiger partial charge in [0.15, 0.2) is 11.6 Å². The van der Waals surface area contributed by atoms with E-state index in [1.165, 1.54) is 12.1 Å². The largest absolute Gasteiger partial charge is 0.330 e. The Balaban J connectivity index is 0.000000807. The van der Waals surface area contributed by atoms with Crippen molar-refractivity contribution in [3.63, 3.8) is 0 Å². The SMILES string of the molecule is Cl.Cl.NCC1[C@H]2CC(n3cnc4cc(F)c(F)cc43)C[C@@H]12. The van der Waals surface area contributed by atoms with Crippen LogP contribution in [0.4, 0.5) is 8.78 Å². The molecule has 2 saturated carbocycles. The maximum atomic E-state index is 13.4. The average Bonchev–Trinajstić information content (AvgIpc) is 2.77. The molecule has 116 valence electrons. The normalized spacial score (nSPS) is 29.7. The number of hydrogen-bond acceptors (Lipinski definition) is 2. The zero-order chi connectivity index (χ0) is 13.1. The van der Waals surface area contributed by atoms with Gasteiger partial charge in [-0.05, 0) is 37.1 Å². The minimum absolute atomic E-state index is 0. The molecule has 2 aliphatic carbocycles. The van der Waals surface area contributed by atoms with E-state index >= 15 is 0 Å². The van der Waals surface area contributed by atoms with Crippen molar-refractivity contribution in [2.24, 2.45) is 23.5 Å². The van der Waals surface area contributed by atoms with E-state index in [0.29, 0.717) is 23.0 Å². The van der Waals surface area contributed by atoms with Crippen LogP contribution < -0.4 is 5.73 Å². The second-order valence-corrected chi connectivity index (χ2v) is 5.76. The molecule has 2 aromatic rings. The van der Waals surface area contributed by atoms with Crippen molar-refractivity contribution in [3.8, 4) is 0 Å². The molecule has 2 aliphatic rings. The quantitative estimate of drug-likeness (QED) is 0.914. The highest BCUT2D eigenvalue weighted by Crippen LogP contribution is 2.60. The van der Waals surface area contributed by atoms with Crippen molar-refractivity contribution in [1.82, 2.24) is 9.55 Å². The second kappa shape index (κ2) is 5.71. The number of halogens is 4. The Hall–Kier alpha value is -0.910. The van der Waals surface area contributed by atoms with Gasteiger partial charge in [-0.1, -0.05) is 0 Å². The number of fused-ring (bicyclic) bond motifs is 2. The number of nitrogens with zero attached hydrogens (tertiary/aromatic N) is 2. The molecule has 0 bridgehead atoms. The topological polar surface area (TPSA) is 43.8 Å². The highest BCUT2D eigenvalue weighted by Gasteiger charge is 2.55. The lowest BCUT2D eigenvalue weighted by atomic mass is 10.1. The molecule has 0 saturated heterocycles. The summed E-state index contributed by atoms with van der Waals surface area (Å²) in [6, 6.07) is 2.77. The van der Waals surface area contributed by atoms with Gasteiger partial charge in [0.2, 0.25) is 0 Å². The van der Waals surface area contributed by atoms with Crippen molar-refractivity contribution < 1.29 is 8.78 Å². The summed E-state index contributed by atoms with van der Waals surface area (Å²) in [5, 5.41) is 0. The number of nitrogens with two attached hydrogens (primary N) is 1. The van der Waals surface area contributed by atoms with Crippen LogP contribution in [0, 0.1) is 29.4 Å². The molecule has 7 heteroatoms. The molecule has 0 amide bonds. The van der Waals surface area contributed by atoms with E-state index in [4.69, 9.17) is 5.73 Å². The van der Waals surface area contributed by atoms with Crippen molar-refractivity contribution in [2.45, 2.75) is 18.9 Å². The van der Waals surface area contributed by atoms with Crippen molar-refractivity contribution in [1.29, 1.82) is 0 Å². The molecular weight excluding hydrogens is 319 g/mol. The lowest BCUT2D eigenvalue weighted by molar-refractivity contribution is 0.437. The predicted octanol–water partition coefficient (Wildman–Crippen LogP) is 3.31. The van der Waals surface area contributed by atoms with Gasteiger partial charge < -0.3 is 10.3 Å². The number of aromatic nitrogens is 2. The van der Waals surface area contributed by atoms with E-state index in [2.05, 4.69) is 4.98 Å². The van der Waals surface area contributed by atoms with Crippen LogP contribution in [0.3, 0.4) is 0 Å². The Labute approximate surface area is 133 Å². The Morgan fingerprint density at radius 3 is 2.38 bits per heavy atom. The third-order valence-electron chi connectivity index (χ3n) is 4.88. The first-order chi connectivity index (χ1) is 9.19. The number of hydrogen-bond donors (Lipinski definition) is 1. The number of benzene rings is 1. The molecule has 1 heterocycles. The van der Waals surface area contributed by atoms with E-state index in [1.54, 1.807) is 6.33 Å². The van der Waals surface area contributed by atoms with Crippen molar-refractivity contribution in [3.05, 3.63) is 30.1 Å². The lowest BCUT2D eigenvalue weighted by Crippen LogP contribution is -2.12. The molecule has 2 unspecified atom stereocenters. The van der Waals surface area contributed by atoms with E-state index in [1.807, 2.05) is 4.57 Å². The summed E-state index contributed by atoms with van der Waals surface area (Å²) in [4.78, 5) is 4.18. The summed E-state index contributed by atoms with van der Waals surface area (Å²) in [6.45, 7) is 0.770. The van der Waals surface area contributed by atoms with Gasteiger partial charge in [0.25, 0.3) is 0 Å². The van der Waals surface area contributed by atoms with Crippen LogP contribution in [0.15, 0.2) is 18.5 Å². The van der Waals surface area contributed by atoms with Crippen LogP contribution in [0.5, 0.6) is 0 Å². The minimum atomic E-state index is -0.838. The molecule has 2 N–H and O–H groups in total. The molecule has 0 spiro atoms. The fourth-order valence-electron chi connectivity index (χ4n) is 3.84. The van der Waals surface area contributed by atoms with Gasteiger partial charge in [-0.3, -0.25) is 0 Å². The standard InChI is InChI=1S/C14H15F2N3.2ClH/c15-11-3-13-14(4-12(11)16)19(6-18-13)7-1-8-9(2-7)10(8)5-17;;/h3-4,6-10H,1-2,5,17H2;2*1H/t7?,8-,9+,10?;;. The minimum Gasteiger partial charge on any atom is -0.330 e. The van der Waals surface area contributed by atoms with Gasteiger partial charge in [-0.25, -0.2) is 13.8 Å². The number of imidazole rings is 1. The number of rotatable bonds is 2. The first kappa shape index (κ1) is 16.5. The molecule has 0 radical (unpaired) electrons. The van der Waals surface area contributed by atoms with Gasteiger partial charge >= 0.3 is 0 Å². The van der Waals surface area contributed by atoms with Crippen molar-refractivity contribution >= 4 is 35.8 Å². The van der Waals surface area contributed by atoms with Crippen LogP contribution in [0.25, 0.3) is 11.0 Å². The molecular formula is C14H17Cl2F2N3. The Morgan fingerprint density at radius 1 is 1.14 bits per heavy atom. The summed E-state index contributed by atoms with van der Waals surface area (Å²) in [5.41, 5.74) is 6.92. The maximum absolute atomic E-state index is 13.4. The maximum Gasteiger partial charge on any atom is 0.161 e. The fourth-order valence-corrected chi connectivity index (χ4v) is 3.84. The smallest absolute Gasteiger partial charge is 0.161 e. The van der Waals surface area contributed by atoms with E-state index in [-0.39, 0.29) is 24.8 Å². The van der Waals surface area contributed by atoms with E-state index < -0.39 is 11.6 Å². The lowest BCUT2D eigenvalue weighted by Gasteiger charge is -2.16. The fraction of sp³-hybridized carbons (Fsp3) is 0.500. The molecule has 2 fully saturated rings. The first-order valence-electron chi connectivity index (χ1n) is 6.70. The molecule has 4 rings (SSSR count). The molecule has 21 heavy (non-hydrogen) atoms. The van der Waals surface area contributed by atoms with Crippen LogP contribution in [-0.2, 0) is 0 Å². The van der Waals surface area contributed by atoms with Gasteiger partial charge in [-0.2, -0.15) is 0 Å². The monoisotopic (exact) mass is 335 g/mol. The Bertz CT molecular complexity index is 649. The van der Waals surface area contributed by atoms with Gasteiger partial charge in [-0.15, -0.1) is 24.8 Å². The third-order valence-corrected chi connectivity index (χ3v) is 4.88. The molecule has 1 aromatic carbocycles. The summed E-state index contributed by atoms with van der Waals surface area (Å²) in [6.07, 6.45) is 3.87. The van der Waals surface area contributed by atoms with E-state index in [0.717, 1.165) is 31.2 Å². The van der Waals surface area contributed by atoms with Crippen LogP contribution in [0.1, 0.15) is 18.9 Å². The third kappa shape index (κ3) is 2.41.